The molecule has 1 heterocycles. The highest BCUT2D eigenvalue weighted by molar-refractivity contribution is 7.99. The minimum Gasteiger partial charge on any atom is -0.414 e. The van der Waals surface area contributed by atoms with Gasteiger partial charge < -0.3 is 15.1 Å². The average Bonchev–Trinajstić information content (AvgIpc) is 3.20. The van der Waals surface area contributed by atoms with Crippen LogP contribution in [0.5, 0.6) is 0 Å². The summed E-state index contributed by atoms with van der Waals surface area (Å²) in [5, 5.41) is 14.8. The van der Waals surface area contributed by atoms with Gasteiger partial charge in [-0.1, -0.05) is 30.3 Å². The second-order valence-electron chi connectivity index (χ2n) is 6.01. The molecular weight excluding hydrogens is 412 g/mol. The molecule has 2 N–H and O–H groups in total. The Hall–Kier alpha value is -2.84. The summed E-state index contributed by atoms with van der Waals surface area (Å²) in [6.07, 6.45) is 0.402. The zero-order valence-corrected chi connectivity index (χ0v) is 17.2. The number of hydrogen-bond donors (Lipinski definition) is 2. The van der Waals surface area contributed by atoms with Crippen LogP contribution in [0.1, 0.15) is 29.6 Å². The Labute approximate surface area is 177 Å². The number of Topliss-reactive ketones (excluding diaryl/α,β-unsaturated/α-hetero) is 1. The molecule has 0 saturated carbocycles. The number of nitrogens with zero attached hydrogens (tertiary/aromatic N) is 2. The summed E-state index contributed by atoms with van der Waals surface area (Å²) in [5.74, 6) is 0.457. The average molecular weight is 431 g/mol. The molecule has 0 aliphatic carbocycles. The van der Waals surface area contributed by atoms with Crippen molar-refractivity contribution in [1.29, 1.82) is 0 Å². The zero-order valence-electron chi connectivity index (χ0n) is 15.6. The second kappa shape index (κ2) is 10.1. The second-order valence-corrected chi connectivity index (χ2v) is 7.38. The Morgan fingerprint density at radius 1 is 1.03 bits per heavy atom. The number of nitrogens with one attached hydrogen (secondary N) is 2. The summed E-state index contributed by atoms with van der Waals surface area (Å²) in [6, 6.07) is 14.1. The zero-order chi connectivity index (χ0) is 20.6. The Balaban J connectivity index is 1.48. The van der Waals surface area contributed by atoms with Gasteiger partial charge in [0.15, 0.2) is 5.78 Å². The van der Waals surface area contributed by atoms with Gasteiger partial charge >= 0.3 is 0 Å². The van der Waals surface area contributed by atoms with Gasteiger partial charge in [-0.15, -0.1) is 10.2 Å². The van der Waals surface area contributed by atoms with Crippen molar-refractivity contribution in [1.82, 2.24) is 10.2 Å². The highest BCUT2D eigenvalue weighted by atomic mass is 35.5. The fourth-order valence-electron chi connectivity index (χ4n) is 2.31. The van der Waals surface area contributed by atoms with Gasteiger partial charge in [-0.3, -0.25) is 9.59 Å². The van der Waals surface area contributed by atoms with Gasteiger partial charge in [0.05, 0.1) is 12.3 Å². The number of hydrogen-bond acceptors (Lipinski definition) is 7. The molecule has 0 radical (unpaired) electrons. The molecule has 0 unspecified atom stereocenters. The number of amides is 1. The summed E-state index contributed by atoms with van der Waals surface area (Å²) in [6.45, 7) is 2.15. The van der Waals surface area contributed by atoms with Crippen molar-refractivity contribution in [2.45, 2.75) is 25.1 Å². The number of rotatable bonds is 9. The van der Waals surface area contributed by atoms with E-state index in [1.54, 1.807) is 43.3 Å². The molecule has 0 atom stereocenters. The predicted molar refractivity (Wildman–Crippen MR) is 113 cm³/mol. The van der Waals surface area contributed by atoms with E-state index in [1.165, 1.54) is 11.8 Å². The molecule has 0 saturated heterocycles. The van der Waals surface area contributed by atoms with Crippen LogP contribution in [0.15, 0.2) is 58.2 Å². The summed E-state index contributed by atoms with van der Waals surface area (Å²) in [5.41, 5.74) is 2.10. The van der Waals surface area contributed by atoms with E-state index in [1.807, 2.05) is 12.1 Å². The lowest BCUT2D eigenvalue weighted by molar-refractivity contribution is -0.115. The number of thioether (sulfide) groups is 1. The fourth-order valence-corrected chi connectivity index (χ4v) is 3.11. The van der Waals surface area contributed by atoms with Crippen molar-refractivity contribution < 1.29 is 14.0 Å². The van der Waals surface area contributed by atoms with Gasteiger partial charge in [0.2, 0.25) is 11.8 Å². The van der Waals surface area contributed by atoms with E-state index in [9.17, 15) is 9.59 Å². The maximum atomic E-state index is 12.3. The lowest BCUT2D eigenvalue weighted by Crippen LogP contribution is -2.09. The monoisotopic (exact) mass is 430 g/mol. The number of benzene rings is 2. The number of ketones is 1. The van der Waals surface area contributed by atoms with Crippen molar-refractivity contribution >= 4 is 46.4 Å². The standard InChI is InChI=1S/C20H19ClN4O3S/c1-2-18(27)23-16-7-3-13(4-8-16)17(26)12-29-20-25-24-19(28-20)11-22-15-9-5-14(21)6-10-15/h3-10,22H,2,11-12H2,1H3,(H,23,27). The van der Waals surface area contributed by atoms with Gasteiger partial charge in [-0.25, -0.2) is 0 Å². The number of halogens is 1. The highest BCUT2D eigenvalue weighted by Gasteiger charge is 2.12. The molecule has 2 aromatic carbocycles. The van der Waals surface area contributed by atoms with Crippen LogP contribution >= 0.6 is 23.4 Å². The van der Waals surface area contributed by atoms with E-state index in [0.29, 0.717) is 40.4 Å². The van der Waals surface area contributed by atoms with Crippen LogP contribution in [0, 0.1) is 0 Å². The lowest BCUT2D eigenvalue weighted by atomic mass is 10.1. The molecule has 0 bridgehead atoms. The smallest absolute Gasteiger partial charge is 0.277 e. The van der Waals surface area contributed by atoms with Crippen LogP contribution < -0.4 is 10.6 Å². The number of anilines is 2. The van der Waals surface area contributed by atoms with E-state index in [2.05, 4.69) is 20.8 Å². The van der Waals surface area contributed by atoms with Crippen LogP contribution in [-0.2, 0) is 11.3 Å². The Bertz CT molecular complexity index is 974. The van der Waals surface area contributed by atoms with E-state index in [-0.39, 0.29) is 17.4 Å². The summed E-state index contributed by atoms with van der Waals surface area (Å²) in [4.78, 5) is 23.7. The SMILES string of the molecule is CCC(=O)Nc1ccc(C(=O)CSc2nnc(CNc3ccc(Cl)cc3)o2)cc1. The third kappa shape index (κ3) is 6.33. The molecule has 29 heavy (non-hydrogen) atoms. The Morgan fingerprint density at radius 2 is 1.72 bits per heavy atom. The molecule has 0 aliphatic rings. The first-order valence-corrected chi connectivity index (χ1v) is 10.3. The largest absolute Gasteiger partial charge is 0.414 e. The molecule has 0 aliphatic heterocycles. The third-order valence-electron chi connectivity index (χ3n) is 3.87. The lowest BCUT2D eigenvalue weighted by Gasteiger charge is -2.04. The first-order valence-electron chi connectivity index (χ1n) is 8.91. The Kier molecular flexibility index (Phi) is 7.26. The van der Waals surface area contributed by atoms with Gasteiger partial charge in [0.25, 0.3) is 5.22 Å². The van der Waals surface area contributed by atoms with E-state index < -0.39 is 0 Å². The van der Waals surface area contributed by atoms with Crippen LogP contribution in [0.2, 0.25) is 5.02 Å². The first kappa shape index (κ1) is 20.9. The molecule has 150 valence electrons. The van der Waals surface area contributed by atoms with Crippen molar-refractivity contribution in [3.8, 4) is 0 Å². The molecule has 0 fully saturated rings. The first-order chi connectivity index (χ1) is 14.0. The van der Waals surface area contributed by atoms with Crippen LogP contribution in [0.25, 0.3) is 0 Å². The molecule has 9 heteroatoms. The highest BCUT2D eigenvalue weighted by Crippen LogP contribution is 2.20. The molecule has 1 aromatic heterocycles. The predicted octanol–water partition coefficient (Wildman–Crippen LogP) is 4.66. The minimum atomic E-state index is -0.0719. The topological polar surface area (TPSA) is 97.1 Å². The quantitative estimate of drug-likeness (QED) is 0.376. The van der Waals surface area contributed by atoms with Gasteiger partial charge in [0, 0.05) is 28.4 Å². The maximum Gasteiger partial charge on any atom is 0.277 e. The van der Waals surface area contributed by atoms with E-state index in [4.69, 9.17) is 16.0 Å². The van der Waals surface area contributed by atoms with Crippen molar-refractivity contribution in [2.75, 3.05) is 16.4 Å². The van der Waals surface area contributed by atoms with Crippen molar-refractivity contribution in [3.63, 3.8) is 0 Å². The fraction of sp³-hybridized carbons (Fsp3) is 0.200. The van der Waals surface area contributed by atoms with Crippen LogP contribution in [0.3, 0.4) is 0 Å². The summed E-state index contributed by atoms with van der Waals surface area (Å²) >= 11 is 7.04. The molecular formula is C20H19ClN4O3S. The van der Waals surface area contributed by atoms with Crippen LogP contribution in [0.4, 0.5) is 11.4 Å². The molecule has 7 nitrogen and oxygen atoms in total. The minimum absolute atomic E-state index is 0.0672. The maximum absolute atomic E-state index is 12.3. The summed E-state index contributed by atoms with van der Waals surface area (Å²) in [7, 11) is 0. The van der Waals surface area contributed by atoms with Crippen molar-refractivity contribution in [3.05, 3.63) is 65.0 Å². The molecule has 3 aromatic rings. The third-order valence-corrected chi connectivity index (χ3v) is 4.95. The van der Waals surface area contributed by atoms with Gasteiger partial charge in [-0.2, -0.15) is 0 Å². The molecule has 3 rings (SSSR count). The number of carbonyl (C=O) groups is 2. The van der Waals surface area contributed by atoms with Gasteiger partial charge in [-0.05, 0) is 48.5 Å². The molecule has 0 spiro atoms. The molecule has 1 amide bonds. The van der Waals surface area contributed by atoms with Gasteiger partial charge in [0.1, 0.15) is 0 Å². The van der Waals surface area contributed by atoms with E-state index >= 15 is 0 Å². The van der Waals surface area contributed by atoms with Crippen molar-refractivity contribution in [2.24, 2.45) is 0 Å². The number of aromatic nitrogens is 2. The summed E-state index contributed by atoms with van der Waals surface area (Å²) < 4.78 is 5.54. The van der Waals surface area contributed by atoms with E-state index in [0.717, 1.165) is 5.69 Å². The van der Waals surface area contributed by atoms with Crippen LogP contribution in [-0.4, -0.2) is 27.6 Å². The Morgan fingerprint density at radius 3 is 2.41 bits per heavy atom. The normalized spacial score (nSPS) is 10.6. The number of carbonyl (C=O) groups excluding carboxylic acids is 2.